The fraction of sp³-hybridized carbons (Fsp3) is 0.385. The monoisotopic (exact) mass is 284 g/mol. The van der Waals surface area contributed by atoms with E-state index in [1.54, 1.807) is 13.8 Å². The van der Waals surface area contributed by atoms with Gasteiger partial charge in [-0.05, 0) is 38.6 Å². The number of amides is 1. The molecule has 0 aromatic heterocycles. The zero-order valence-corrected chi connectivity index (χ0v) is 11.8. The van der Waals surface area contributed by atoms with Gasteiger partial charge >= 0.3 is 5.97 Å². The molecule has 0 fully saturated rings. The number of nitrogens with one attached hydrogen (secondary N) is 2. The van der Waals surface area contributed by atoms with E-state index in [-0.39, 0.29) is 17.2 Å². The van der Waals surface area contributed by atoms with Crippen LogP contribution in [0.25, 0.3) is 0 Å². The number of aromatic carboxylic acids is 1. The summed E-state index contributed by atoms with van der Waals surface area (Å²) >= 11 is 5.94. The Labute approximate surface area is 117 Å². The quantitative estimate of drug-likeness (QED) is 0.776. The molecular formula is C13H17ClN2O3. The first kappa shape index (κ1) is 15.5. The zero-order valence-electron chi connectivity index (χ0n) is 11.1. The SMILES string of the molecule is CCNC(C)(C)C(=O)Nc1cc(C(=O)O)ccc1Cl. The lowest BCUT2D eigenvalue weighted by Gasteiger charge is -2.24. The molecule has 0 bridgehead atoms. The van der Waals surface area contributed by atoms with Gasteiger partial charge in [0.1, 0.15) is 0 Å². The molecule has 0 aliphatic heterocycles. The third-order valence-corrected chi connectivity index (χ3v) is 2.98. The molecule has 0 atom stereocenters. The number of rotatable bonds is 5. The van der Waals surface area contributed by atoms with Crippen molar-refractivity contribution in [2.45, 2.75) is 26.3 Å². The molecule has 0 saturated heterocycles. The molecule has 0 spiro atoms. The maximum atomic E-state index is 12.1. The summed E-state index contributed by atoms with van der Waals surface area (Å²) in [6.07, 6.45) is 0. The minimum atomic E-state index is -1.07. The Balaban J connectivity index is 2.96. The van der Waals surface area contributed by atoms with Crippen LogP contribution in [0.4, 0.5) is 5.69 Å². The van der Waals surface area contributed by atoms with Gasteiger partial charge in [0.15, 0.2) is 0 Å². The van der Waals surface area contributed by atoms with E-state index in [0.29, 0.717) is 11.6 Å². The topological polar surface area (TPSA) is 78.4 Å². The first-order chi connectivity index (χ1) is 8.77. The minimum absolute atomic E-state index is 0.0703. The van der Waals surface area contributed by atoms with Gasteiger partial charge in [0.25, 0.3) is 0 Å². The Hall–Kier alpha value is -1.59. The highest BCUT2D eigenvalue weighted by Gasteiger charge is 2.26. The second-order valence-electron chi connectivity index (χ2n) is 4.61. The second-order valence-corrected chi connectivity index (χ2v) is 5.02. The van der Waals surface area contributed by atoms with Crippen molar-refractivity contribution in [2.24, 2.45) is 0 Å². The van der Waals surface area contributed by atoms with Gasteiger partial charge in [-0.3, -0.25) is 4.79 Å². The fourth-order valence-electron chi connectivity index (χ4n) is 1.55. The summed E-state index contributed by atoms with van der Waals surface area (Å²) in [6, 6.07) is 4.17. The predicted octanol–water partition coefficient (Wildman–Crippen LogP) is 2.36. The van der Waals surface area contributed by atoms with Gasteiger partial charge in [0.05, 0.1) is 21.8 Å². The van der Waals surface area contributed by atoms with Crippen LogP contribution in [-0.2, 0) is 4.79 Å². The summed E-state index contributed by atoms with van der Waals surface area (Å²) in [4.78, 5) is 23.0. The van der Waals surface area contributed by atoms with Crippen LogP contribution in [0, 0.1) is 0 Å². The first-order valence-electron chi connectivity index (χ1n) is 5.87. The smallest absolute Gasteiger partial charge is 0.335 e. The highest BCUT2D eigenvalue weighted by molar-refractivity contribution is 6.34. The molecule has 0 aliphatic carbocycles. The molecule has 0 saturated carbocycles. The van der Waals surface area contributed by atoms with Crippen molar-refractivity contribution in [1.29, 1.82) is 0 Å². The van der Waals surface area contributed by atoms with Crippen LogP contribution in [0.3, 0.4) is 0 Å². The maximum absolute atomic E-state index is 12.1. The molecule has 3 N–H and O–H groups in total. The van der Waals surface area contributed by atoms with E-state index in [0.717, 1.165) is 0 Å². The molecule has 104 valence electrons. The van der Waals surface area contributed by atoms with E-state index in [1.165, 1.54) is 18.2 Å². The number of carboxylic acid groups (broad SMARTS) is 1. The van der Waals surface area contributed by atoms with Crippen molar-refractivity contribution in [1.82, 2.24) is 5.32 Å². The molecule has 1 aromatic rings. The summed E-state index contributed by atoms with van der Waals surface area (Å²) in [6.45, 7) is 6.01. The number of benzene rings is 1. The number of anilines is 1. The van der Waals surface area contributed by atoms with E-state index in [4.69, 9.17) is 16.7 Å². The summed E-state index contributed by atoms with van der Waals surface area (Å²) in [5.41, 5.74) is -0.407. The van der Waals surface area contributed by atoms with Gasteiger partial charge in [0.2, 0.25) is 5.91 Å². The average molecular weight is 285 g/mol. The largest absolute Gasteiger partial charge is 0.478 e. The molecule has 0 heterocycles. The molecular weight excluding hydrogens is 268 g/mol. The van der Waals surface area contributed by atoms with Crippen LogP contribution in [0.1, 0.15) is 31.1 Å². The van der Waals surface area contributed by atoms with Gasteiger partial charge in [-0.1, -0.05) is 18.5 Å². The van der Waals surface area contributed by atoms with Gasteiger partial charge in [-0.2, -0.15) is 0 Å². The molecule has 19 heavy (non-hydrogen) atoms. The van der Waals surface area contributed by atoms with Crippen molar-refractivity contribution in [3.05, 3.63) is 28.8 Å². The average Bonchev–Trinajstić information content (AvgIpc) is 2.31. The number of likely N-dealkylation sites (N-methyl/N-ethyl adjacent to an activating group) is 1. The van der Waals surface area contributed by atoms with Crippen molar-refractivity contribution < 1.29 is 14.7 Å². The number of carbonyl (C=O) groups excluding carboxylic acids is 1. The molecule has 1 amide bonds. The summed E-state index contributed by atoms with van der Waals surface area (Å²) in [5.74, 6) is -1.35. The zero-order chi connectivity index (χ0) is 14.6. The highest BCUT2D eigenvalue weighted by atomic mass is 35.5. The third-order valence-electron chi connectivity index (χ3n) is 2.65. The molecule has 6 heteroatoms. The van der Waals surface area contributed by atoms with Crippen molar-refractivity contribution in [2.75, 3.05) is 11.9 Å². The number of halogens is 1. The van der Waals surface area contributed by atoms with Crippen LogP contribution >= 0.6 is 11.6 Å². The Morgan fingerprint density at radius 3 is 2.53 bits per heavy atom. The number of carboxylic acids is 1. The Morgan fingerprint density at radius 1 is 1.37 bits per heavy atom. The normalized spacial score (nSPS) is 11.2. The van der Waals surface area contributed by atoms with Crippen molar-refractivity contribution in [3.63, 3.8) is 0 Å². The number of hydrogen-bond acceptors (Lipinski definition) is 3. The Bertz CT molecular complexity index is 501. The number of carbonyl (C=O) groups is 2. The van der Waals surface area contributed by atoms with Crippen LogP contribution in [0.5, 0.6) is 0 Å². The number of hydrogen-bond donors (Lipinski definition) is 3. The molecule has 5 nitrogen and oxygen atoms in total. The first-order valence-corrected chi connectivity index (χ1v) is 6.25. The Morgan fingerprint density at radius 2 is 2.00 bits per heavy atom. The lowest BCUT2D eigenvalue weighted by atomic mass is 10.0. The molecule has 0 aliphatic rings. The molecule has 1 aromatic carbocycles. The van der Waals surface area contributed by atoms with E-state index in [9.17, 15) is 9.59 Å². The van der Waals surface area contributed by atoms with E-state index in [2.05, 4.69) is 10.6 Å². The maximum Gasteiger partial charge on any atom is 0.335 e. The summed E-state index contributed by atoms with van der Waals surface area (Å²) < 4.78 is 0. The van der Waals surface area contributed by atoms with Crippen LogP contribution in [0.15, 0.2) is 18.2 Å². The molecule has 0 unspecified atom stereocenters. The van der Waals surface area contributed by atoms with Crippen molar-refractivity contribution >= 4 is 29.2 Å². The van der Waals surface area contributed by atoms with Crippen LogP contribution in [-0.4, -0.2) is 29.1 Å². The van der Waals surface area contributed by atoms with Crippen LogP contribution < -0.4 is 10.6 Å². The second kappa shape index (κ2) is 6.04. The molecule has 0 radical (unpaired) electrons. The minimum Gasteiger partial charge on any atom is -0.478 e. The summed E-state index contributed by atoms with van der Waals surface area (Å²) in [7, 11) is 0. The predicted molar refractivity (Wildman–Crippen MR) is 74.8 cm³/mol. The van der Waals surface area contributed by atoms with Crippen LogP contribution in [0.2, 0.25) is 5.02 Å². The fourth-order valence-corrected chi connectivity index (χ4v) is 1.72. The van der Waals surface area contributed by atoms with Gasteiger partial charge in [0, 0.05) is 0 Å². The van der Waals surface area contributed by atoms with E-state index >= 15 is 0 Å². The van der Waals surface area contributed by atoms with E-state index in [1.807, 2.05) is 6.92 Å². The third kappa shape index (κ3) is 3.94. The Kier molecular flexibility index (Phi) is 4.91. The van der Waals surface area contributed by atoms with Gasteiger partial charge in [-0.15, -0.1) is 0 Å². The van der Waals surface area contributed by atoms with Crippen molar-refractivity contribution in [3.8, 4) is 0 Å². The van der Waals surface area contributed by atoms with Gasteiger partial charge < -0.3 is 15.7 Å². The standard InChI is InChI=1S/C13H17ClN2O3/c1-4-15-13(2,3)12(19)16-10-7-8(11(17)18)5-6-9(10)14/h5-7,15H,4H2,1-3H3,(H,16,19)(H,17,18). The summed E-state index contributed by atoms with van der Waals surface area (Å²) in [5, 5.41) is 14.9. The molecule has 1 rings (SSSR count). The lowest BCUT2D eigenvalue weighted by Crippen LogP contribution is -2.49. The lowest BCUT2D eigenvalue weighted by molar-refractivity contribution is -0.121. The van der Waals surface area contributed by atoms with Gasteiger partial charge in [-0.25, -0.2) is 4.79 Å². The van der Waals surface area contributed by atoms with E-state index < -0.39 is 11.5 Å². The highest BCUT2D eigenvalue weighted by Crippen LogP contribution is 2.24.